The molecule has 1 aromatic carbocycles. The summed E-state index contributed by atoms with van der Waals surface area (Å²) in [7, 11) is 0. The van der Waals surface area contributed by atoms with Crippen molar-refractivity contribution in [2.75, 3.05) is 11.1 Å². The molecule has 0 saturated heterocycles. The summed E-state index contributed by atoms with van der Waals surface area (Å²) in [5.41, 5.74) is 12.8. The van der Waals surface area contributed by atoms with Crippen LogP contribution in [0.3, 0.4) is 0 Å². The monoisotopic (exact) mass is 372 g/mol. The summed E-state index contributed by atoms with van der Waals surface area (Å²) in [4.78, 5) is 8.57. The lowest BCUT2D eigenvalue weighted by Gasteiger charge is -2.17. The van der Waals surface area contributed by atoms with Gasteiger partial charge in [0.2, 0.25) is 0 Å². The van der Waals surface area contributed by atoms with E-state index in [9.17, 15) is 5.26 Å². The quantitative estimate of drug-likeness (QED) is 0.474. The molecule has 0 saturated carbocycles. The standard InChI is InChI=1S/C21H20N6O/c1-11-14-4-6-18(21(14)26-12(2)16(11)8-22)27-13-3-5-17(23)15(7-13)20(24)19-9-25-10-28-19/h3,5,7,9-10,18,24,27H,4,6,23H2,1-2H3. The molecular weight excluding hydrogens is 352 g/mol. The van der Waals surface area contributed by atoms with E-state index in [1.165, 1.54) is 12.6 Å². The highest BCUT2D eigenvalue weighted by atomic mass is 16.3. The molecule has 1 aliphatic carbocycles. The van der Waals surface area contributed by atoms with Crippen molar-refractivity contribution >= 4 is 17.1 Å². The van der Waals surface area contributed by atoms with Gasteiger partial charge in [-0.1, -0.05) is 0 Å². The Labute approximate surface area is 162 Å². The number of benzene rings is 1. The minimum atomic E-state index is 0.0519. The SMILES string of the molecule is Cc1nc2c(c(C)c1C#N)CCC2Nc1ccc(N)c(C(=N)c2cnco2)c1. The Morgan fingerprint density at radius 1 is 1.39 bits per heavy atom. The Bertz CT molecular complexity index is 1110. The van der Waals surface area contributed by atoms with Crippen molar-refractivity contribution in [3.63, 3.8) is 0 Å². The maximum absolute atomic E-state index is 9.37. The normalized spacial score (nSPS) is 15.1. The van der Waals surface area contributed by atoms with Gasteiger partial charge in [0.1, 0.15) is 11.8 Å². The van der Waals surface area contributed by atoms with Crippen LogP contribution >= 0.6 is 0 Å². The van der Waals surface area contributed by atoms with E-state index in [-0.39, 0.29) is 11.8 Å². The zero-order chi connectivity index (χ0) is 19.8. The molecule has 0 amide bonds. The van der Waals surface area contributed by atoms with Crippen molar-refractivity contribution in [1.29, 1.82) is 10.7 Å². The number of aryl methyl sites for hydroxylation is 1. The number of rotatable bonds is 4. The molecule has 0 spiro atoms. The first-order valence-corrected chi connectivity index (χ1v) is 9.03. The molecule has 0 bridgehead atoms. The predicted molar refractivity (Wildman–Crippen MR) is 106 cm³/mol. The Balaban J connectivity index is 1.65. The smallest absolute Gasteiger partial charge is 0.181 e. The van der Waals surface area contributed by atoms with Crippen molar-refractivity contribution in [3.8, 4) is 6.07 Å². The van der Waals surface area contributed by atoms with Gasteiger partial charge in [0.05, 0.1) is 29.2 Å². The van der Waals surface area contributed by atoms with Crippen LogP contribution in [0.15, 0.2) is 35.2 Å². The lowest BCUT2D eigenvalue weighted by atomic mass is 10.0. The highest BCUT2D eigenvalue weighted by Crippen LogP contribution is 2.36. The minimum Gasteiger partial charge on any atom is -0.442 e. The molecule has 7 heteroatoms. The van der Waals surface area contributed by atoms with Crippen molar-refractivity contribution in [3.05, 3.63) is 70.2 Å². The van der Waals surface area contributed by atoms with Gasteiger partial charge in [-0.05, 0) is 56.0 Å². The molecule has 2 aromatic heterocycles. The van der Waals surface area contributed by atoms with E-state index in [2.05, 4.69) is 16.4 Å². The third kappa shape index (κ3) is 2.89. The van der Waals surface area contributed by atoms with Crippen LogP contribution < -0.4 is 11.1 Å². The molecule has 140 valence electrons. The Kier molecular flexibility index (Phi) is 4.32. The molecule has 1 atom stereocenters. The summed E-state index contributed by atoms with van der Waals surface area (Å²) in [6.07, 6.45) is 4.58. The van der Waals surface area contributed by atoms with Crippen LogP contribution in [0.1, 0.15) is 51.9 Å². The molecule has 1 unspecified atom stereocenters. The average Bonchev–Trinajstić information content (AvgIpc) is 3.34. The van der Waals surface area contributed by atoms with E-state index < -0.39 is 0 Å². The van der Waals surface area contributed by atoms with Crippen LogP contribution in [0.25, 0.3) is 0 Å². The number of nitrogens with zero attached hydrogens (tertiary/aromatic N) is 3. The number of anilines is 2. The Morgan fingerprint density at radius 3 is 2.93 bits per heavy atom. The molecule has 0 fully saturated rings. The third-order valence-corrected chi connectivity index (χ3v) is 5.25. The summed E-state index contributed by atoms with van der Waals surface area (Å²) < 4.78 is 5.22. The first-order chi connectivity index (χ1) is 13.5. The number of pyridine rings is 1. The largest absolute Gasteiger partial charge is 0.442 e. The van der Waals surface area contributed by atoms with Crippen LogP contribution in [0, 0.1) is 30.6 Å². The van der Waals surface area contributed by atoms with Crippen molar-refractivity contribution in [2.45, 2.75) is 32.7 Å². The lowest BCUT2D eigenvalue weighted by molar-refractivity contribution is 0.548. The van der Waals surface area contributed by atoms with E-state index in [1.54, 1.807) is 6.07 Å². The van der Waals surface area contributed by atoms with Crippen LogP contribution in [-0.4, -0.2) is 15.7 Å². The van der Waals surface area contributed by atoms with Gasteiger partial charge in [-0.2, -0.15) is 5.26 Å². The molecule has 0 radical (unpaired) electrons. The van der Waals surface area contributed by atoms with Crippen molar-refractivity contribution < 1.29 is 4.42 Å². The first-order valence-electron chi connectivity index (χ1n) is 9.03. The van der Waals surface area contributed by atoms with Gasteiger partial charge in [0.15, 0.2) is 12.2 Å². The number of nitrogens with two attached hydrogens (primary N) is 1. The molecule has 7 nitrogen and oxygen atoms in total. The summed E-state index contributed by atoms with van der Waals surface area (Å²) in [6, 6.07) is 7.84. The van der Waals surface area contributed by atoms with Crippen LogP contribution in [0.4, 0.5) is 11.4 Å². The summed E-state index contributed by atoms with van der Waals surface area (Å²) in [5, 5.41) is 21.2. The van der Waals surface area contributed by atoms with E-state index >= 15 is 0 Å². The van der Waals surface area contributed by atoms with E-state index in [0.717, 1.165) is 41.0 Å². The Morgan fingerprint density at radius 2 is 2.21 bits per heavy atom. The van der Waals surface area contributed by atoms with E-state index in [4.69, 9.17) is 20.5 Å². The number of nitrogens with one attached hydrogen (secondary N) is 2. The zero-order valence-corrected chi connectivity index (χ0v) is 15.7. The number of oxazole rings is 1. The summed E-state index contributed by atoms with van der Waals surface area (Å²) in [5.74, 6) is 0.368. The molecule has 3 aromatic rings. The second-order valence-electron chi connectivity index (χ2n) is 6.95. The number of hydrogen-bond acceptors (Lipinski definition) is 7. The molecule has 4 N–H and O–H groups in total. The second-order valence-corrected chi connectivity index (χ2v) is 6.95. The predicted octanol–water partition coefficient (Wildman–Crippen LogP) is 3.66. The summed E-state index contributed by atoms with van der Waals surface area (Å²) >= 11 is 0. The van der Waals surface area contributed by atoms with Gasteiger partial charge in [-0.3, -0.25) is 10.4 Å². The third-order valence-electron chi connectivity index (χ3n) is 5.25. The highest BCUT2D eigenvalue weighted by molar-refractivity contribution is 6.12. The van der Waals surface area contributed by atoms with Gasteiger partial charge in [0.25, 0.3) is 0 Å². The number of nitriles is 1. The number of hydrogen-bond donors (Lipinski definition) is 3. The van der Waals surface area contributed by atoms with Crippen molar-refractivity contribution in [2.24, 2.45) is 0 Å². The highest BCUT2D eigenvalue weighted by Gasteiger charge is 2.28. The molecule has 0 aliphatic heterocycles. The lowest BCUT2D eigenvalue weighted by Crippen LogP contribution is -2.12. The van der Waals surface area contributed by atoms with E-state index in [1.807, 2.05) is 26.0 Å². The fraction of sp³-hybridized carbons (Fsp3) is 0.238. The fourth-order valence-electron chi connectivity index (χ4n) is 3.79. The fourth-order valence-corrected chi connectivity index (χ4v) is 3.79. The van der Waals surface area contributed by atoms with Gasteiger partial charge in [-0.25, -0.2) is 4.98 Å². The number of fused-ring (bicyclic) bond motifs is 1. The van der Waals surface area contributed by atoms with Crippen molar-refractivity contribution in [1.82, 2.24) is 9.97 Å². The van der Waals surface area contributed by atoms with Gasteiger partial charge >= 0.3 is 0 Å². The molecule has 2 heterocycles. The van der Waals surface area contributed by atoms with Crippen LogP contribution in [0.5, 0.6) is 0 Å². The van der Waals surface area contributed by atoms with Crippen LogP contribution in [-0.2, 0) is 6.42 Å². The van der Waals surface area contributed by atoms with Gasteiger partial charge < -0.3 is 15.5 Å². The maximum Gasteiger partial charge on any atom is 0.181 e. The minimum absolute atomic E-state index is 0.0519. The number of aromatic nitrogens is 2. The van der Waals surface area contributed by atoms with E-state index in [0.29, 0.717) is 22.6 Å². The molecule has 28 heavy (non-hydrogen) atoms. The zero-order valence-electron chi connectivity index (χ0n) is 15.7. The van der Waals surface area contributed by atoms with Crippen LogP contribution in [0.2, 0.25) is 0 Å². The molecular formula is C21H20N6O. The molecule has 1 aliphatic rings. The number of nitrogen functional groups attached to an aromatic ring is 1. The van der Waals surface area contributed by atoms with Gasteiger partial charge in [-0.15, -0.1) is 0 Å². The first kappa shape index (κ1) is 17.7. The Hall–Kier alpha value is -3.66. The summed E-state index contributed by atoms with van der Waals surface area (Å²) in [6.45, 7) is 3.87. The van der Waals surface area contributed by atoms with Gasteiger partial charge in [0, 0.05) is 16.9 Å². The average molecular weight is 372 g/mol. The molecule has 4 rings (SSSR count). The second kappa shape index (κ2) is 6.82. The topological polar surface area (TPSA) is 125 Å². The maximum atomic E-state index is 9.37.